The van der Waals surface area contributed by atoms with Crippen LogP contribution in [0.4, 0.5) is 13.2 Å². The fourth-order valence-corrected chi connectivity index (χ4v) is 6.87. The van der Waals surface area contributed by atoms with E-state index in [0.717, 1.165) is 24.8 Å². The molecule has 1 aliphatic heterocycles. The van der Waals surface area contributed by atoms with E-state index in [9.17, 15) is 36.9 Å². The first-order valence-electron chi connectivity index (χ1n) is 13.0. The van der Waals surface area contributed by atoms with Crippen molar-refractivity contribution in [3.8, 4) is 0 Å². The van der Waals surface area contributed by atoms with Gasteiger partial charge in [0.15, 0.2) is 6.29 Å². The molecule has 216 valence electrons. The summed E-state index contributed by atoms with van der Waals surface area (Å²) in [5, 5.41) is 30.6. The molecule has 4 N–H and O–H groups in total. The molecule has 0 aromatic rings. The second kappa shape index (κ2) is 10.3. The third-order valence-corrected chi connectivity index (χ3v) is 9.97. The lowest BCUT2D eigenvalue weighted by Crippen LogP contribution is -2.56. The lowest BCUT2D eigenvalue weighted by atomic mass is 9.57. The topological polar surface area (TPSA) is 125 Å². The summed E-state index contributed by atoms with van der Waals surface area (Å²) in [6, 6.07) is 0. The summed E-state index contributed by atoms with van der Waals surface area (Å²) in [5.74, 6) is 0.292. The lowest BCUT2D eigenvalue weighted by molar-refractivity contribution is -0.291. The molecule has 2 fully saturated rings. The predicted octanol–water partition coefficient (Wildman–Crippen LogP) is 3.06. The highest BCUT2D eigenvalue weighted by atomic mass is 32.2. The van der Waals surface area contributed by atoms with E-state index in [4.69, 9.17) is 9.47 Å². The highest BCUT2D eigenvalue weighted by molar-refractivity contribution is 7.90. The van der Waals surface area contributed by atoms with Gasteiger partial charge in [-0.25, -0.2) is 13.1 Å². The van der Waals surface area contributed by atoms with Crippen LogP contribution < -0.4 is 4.72 Å². The summed E-state index contributed by atoms with van der Waals surface area (Å²) in [6.07, 6.45) is 0.799. The lowest BCUT2D eigenvalue weighted by Gasteiger charge is -2.50. The van der Waals surface area contributed by atoms with Gasteiger partial charge in [0.05, 0.1) is 12.7 Å². The number of allylic oxidation sites excluding steroid dienone is 4. The molecule has 7 atom stereocenters. The predicted molar refractivity (Wildman–Crippen MR) is 133 cm³/mol. The van der Waals surface area contributed by atoms with Gasteiger partial charge in [-0.2, -0.15) is 13.2 Å². The van der Waals surface area contributed by atoms with Crippen molar-refractivity contribution >= 4 is 10.0 Å². The van der Waals surface area contributed by atoms with Crippen molar-refractivity contribution in [1.82, 2.24) is 4.72 Å². The summed E-state index contributed by atoms with van der Waals surface area (Å²) in [7, 11) is -5.55. The molecule has 3 aliphatic carbocycles. The first-order valence-corrected chi connectivity index (χ1v) is 14.5. The molecule has 8 nitrogen and oxygen atoms in total. The van der Waals surface area contributed by atoms with Crippen LogP contribution in [0.25, 0.3) is 0 Å². The summed E-state index contributed by atoms with van der Waals surface area (Å²) in [4.78, 5) is 0. The van der Waals surface area contributed by atoms with Gasteiger partial charge in [-0.3, -0.25) is 0 Å². The maximum atomic E-state index is 13.0. The summed E-state index contributed by atoms with van der Waals surface area (Å²) < 4.78 is 75.7. The molecule has 0 aromatic heterocycles. The van der Waals surface area contributed by atoms with E-state index in [1.54, 1.807) is 10.8 Å². The molecule has 0 amide bonds. The number of hydrogen-bond donors (Lipinski definition) is 4. The van der Waals surface area contributed by atoms with E-state index in [1.807, 2.05) is 13.0 Å². The van der Waals surface area contributed by atoms with Gasteiger partial charge in [0.2, 0.25) is 0 Å². The smallest absolute Gasteiger partial charge is 0.388 e. The Balaban J connectivity index is 1.74. The maximum Gasteiger partial charge on any atom is 0.511 e. The molecular formula is C26H38F3NO7S. The van der Waals surface area contributed by atoms with Gasteiger partial charge in [0.1, 0.15) is 18.3 Å². The second-order valence-electron chi connectivity index (χ2n) is 11.8. The Hall–Kier alpha value is -1.28. The molecular weight excluding hydrogens is 527 g/mol. The molecule has 0 spiro atoms. The first kappa shape index (κ1) is 29.7. The van der Waals surface area contributed by atoms with Crippen LogP contribution in [0.5, 0.6) is 0 Å². The highest BCUT2D eigenvalue weighted by Crippen LogP contribution is 2.62. The van der Waals surface area contributed by atoms with Crippen LogP contribution in [0.3, 0.4) is 0 Å². The molecule has 4 aliphatic rings. The van der Waals surface area contributed by atoms with Gasteiger partial charge in [-0.15, -0.1) is 0 Å². The largest absolute Gasteiger partial charge is 0.511 e. The standard InChI is InChI=1S/C26H38F3NO7S/c1-14(2)16-7-8-24(3)9-10-25(4)17(20(16)24)6-5-15(12-30-38(34,35)26(27,28)29)11-19(25)37-23-22(33)21(32)18(31)13-36-23/h5-6,14,18-19,21-23,30-33H,7-13H2,1-4H3/t18-,19+,21+,22-,23+,24-,25-/m1/s1. The van der Waals surface area contributed by atoms with Crippen LogP contribution in [0.1, 0.15) is 59.8 Å². The van der Waals surface area contributed by atoms with Gasteiger partial charge >= 0.3 is 15.5 Å². The number of rotatable bonds is 6. The minimum Gasteiger partial charge on any atom is -0.388 e. The molecule has 0 unspecified atom stereocenters. The Morgan fingerprint density at radius 3 is 2.45 bits per heavy atom. The molecule has 1 saturated carbocycles. The van der Waals surface area contributed by atoms with Crippen molar-refractivity contribution in [2.45, 2.75) is 96.0 Å². The van der Waals surface area contributed by atoms with Crippen LogP contribution in [0.15, 0.2) is 34.4 Å². The number of sulfonamides is 1. The van der Waals surface area contributed by atoms with Gasteiger partial charge in [-0.1, -0.05) is 51.0 Å². The molecule has 1 heterocycles. The Bertz CT molecular complexity index is 1130. The van der Waals surface area contributed by atoms with Crippen LogP contribution in [-0.4, -0.2) is 73.1 Å². The van der Waals surface area contributed by atoms with Crippen molar-refractivity contribution in [1.29, 1.82) is 0 Å². The van der Waals surface area contributed by atoms with Crippen molar-refractivity contribution in [2.24, 2.45) is 16.7 Å². The van der Waals surface area contributed by atoms with Crippen LogP contribution in [0.2, 0.25) is 0 Å². The fraction of sp³-hybridized carbons (Fsp3) is 0.769. The number of aliphatic hydroxyl groups is 3. The monoisotopic (exact) mass is 565 g/mol. The number of hydrogen-bond acceptors (Lipinski definition) is 7. The quantitative estimate of drug-likeness (QED) is 0.390. The number of alkyl halides is 3. The van der Waals surface area contributed by atoms with Gasteiger partial charge < -0.3 is 24.8 Å². The summed E-state index contributed by atoms with van der Waals surface area (Å²) in [5.41, 5.74) is -2.21. The maximum absolute atomic E-state index is 13.0. The molecule has 4 rings (SSSR count). The Kier molecular flexibility index (Phi) is 8.03. The van der Waals surface area contributed by atoms with Crippen molar-refractivity contribution in [3.63, 3.8) is 0 Å². The minimum absolute atomic E-state index is 0.0626. The number of halogens is 3. The van der Waals surface area contributed by atoms with Crippen molar-refractivity contribution in [2.75, 3.05) is 13.2 Å². The Morgan fingerprint density at radius 1 is 1.13 bits per heavy atom. The summed E-state index contributed by atoms with van der Waals surface area (Å²) in [6.45, 7) is 7.69. The third kappa shape index (κ3) is 5.25. The zero-order valence-electron chi connectivity index (χ0n) is 22.1. The molecule has 0 bridgehead atoms. The third-order valence-electron chi connectivity index (χ3n) is 8.84. The van der Waals surface area contributed by atoms with Crippen molar-refractivity contribution < 1.29 is 46.4 Å². The zero-order valence-corrected chi connectivity index (χ0v) is 22.9. The molecule has 0 radical (unpaired) electrons. The molecule has 12 heteroatoms. The van der Waals surface area contributed by atoms with Gasteiger partial charge in [0.25, 0.3) is 0 Å². The van der Waals surface area contributed by atoms with E-state index in [-0.39, 0.29) is 18.4 Å². The van der Waals surface area contributed by atoms with Gasteiger partial charge in [0, 0.05) is 12.0 Å². The van der Waals surface area contributed by atoms with E-state index in [2.05, 4.69) is 20.8 Å². The number of fused-ring (bicyclic) bond motifs is 3. The summed E-state index contributed by atoms with van der Waals surface area (Å²) >= 11 is 0. The number of nitrogens with one attached hydrogen (secondary N) is 1. The highest BCUT2D eigenvalue weighted by Gasteiger charge is 2.54. The second-order valence-corrected chi connectivity index (χ2v) is 13.5. The van der Waals surface area contributed by atoms with E-state index < -0.39 is 58.2 Å². The SMILES string of the molecule is CC(C)C1=C2C3=CC=C(CNS(=O)(=O)C(F)(F)F)C[C@H](O[C@@H]4OC[C@@H](O)[C@H](O)[C@H]4O)[C@]3(C)CC[C@@]2(C)CC1. The molecule has 1 saturated heterocycles. The minimum atomic E-state index is -5.55. The van der Waals surface area contributed by atoms with E-state index in [0.29, 0.717) is 17.9 Å². The van der Waals surface area contributed by atoms with Crippen LogP contribution in [-0.2, 0) is 19.5 Å². The number of ether oxygens (including phenoxy) is 2. The average molecular weight is 566 g/mol. The number of aliphatic hydroxyl groups excluding tert-OH is 3. The molecule has 38 heavy (non-hydrogen) atoms. The Labute approximate surface area is 221 Å². The van der Waals surface area contributed by atoms with Gasteiger partial charge in [-0.05, 0) is 54.6 Å². The van der Waals surface area contributed by atoms with E-state index in [1.165, 1.54) is 11.1 Å². The van der Waals surface area contributed by atoms with E-state index >= 15 is 0 Å². The average Bonchev–Trinajstić information content (AvgIpc) is 3.11. The fourth-order valence-electron chi connectivity index (χ4n) is 6.33. The van der Waals surface area contributed by atoms with Crippen molar-refractivity contribution in [3.05, 3.63) is 34.4 Å². The zero-order chi connectivity index (χ0) is 28.3. The van der Waals surface area contributed by atoms with Crippen LogP contribution in [0, 0.1) is 16.7 Å². The Morgan fingerprint density at radius 2 is 1.82 bits per heavy atom. The van der Waals surface area contributed by atoms with Crippen LogP contribution >= 0.6 is 0 Å². The molecule has 0 aromatic carbocycles. The first-order chi connectivity index (χ1) is 17.5. The normalized spacial score (nSPS) is 38.4.